The van der Waals surface area contributed by atoms with E-state index < -0.39 is 11.7 Å². The molecule has 0 unspecified atom stereocenters. The molecule has 0 saturated heterocycles. The summed E-state index contributed by atoms with van der Waals surface area (Å²) in [5, 5.41) is 5.39. The molecule has 0 amide bonds. The van der Waals surface area contributed by atoms with Crippen LogP contribution >= 0.6 is 11.8 Å². The Morgan fingerprint density at radius 1 is 1.11 bits per heavy atom. The fraction of sp³-hybridized carbons (Fsp3) is 0.333. The molecule has 0 fully saturated rings. The Bertz CT molecular complexity index is 1210. The van der Waals surface area contributed by atoms with Gasteiger partial charge in [-0.1, -0.05) is 6.92 Å². The first-order valence-electron chi connectivity index (χ1n) is 8.60. The van der Waals surface area contributed by atoms with Gasteiger partial charge in [-0.25, -0.2) is 19.5 Å². The second kappa shape index (κ2) is 6.47. The number of pyridine rings is 1. The highest BCUT2D eigenvalue weighted by molar-refractivity contribution is 7.99. The van der Waals surface area contributed by atoms with Crippen molar-refractivity contribution >= 4 is 28.6 Å². The lowest BCUT2D eigenvalue weighted by Gasteiger charge is -2.05. The van der Waals surface area contributed by atoms with E-state index in [0.29, 0.717) is 22.7 Å². The lowest BCUT2D eigenvalue weighted by Crippen LogP contribution is -2.05. The van der Waals surface area contributed by atoms with Gasteiger partial charge in [-0.3, -0.25) is 0 Å². The van der Waals surface area contributed by atoms with Crippen molar-refractivity contribution in [2.24, 2.45) is 7.05 Å². The first kappa shape index (κ1) is 18.7. The lowest BCUT2D eigenvalue weighted by atomic mass is 10.2. The van der Waals surface area contributed by atoms with E-state index in [-0.39, 0.29) is 5.52 Å². The molecule has 0 saturated carbocycles. The zero-order valence-electron chi connectivity index (χ0n) is 15.7. The molecule has 4 aromatic heterocycles. The van der Waals surface area contributed by atoms with Gasteiger partial charge in [-0.05, 0) is 31.7 Å². The van der Waals surface area contributed by atoms with Gasteiger partial charge in [-0.2, -0.15) is 18.3 Å². The highest BCUT2D eigenvalue weighted by atomic mass is 32.2. The summed E-state index contributed by atoms with van der Waals surface area (Å²) in [7, 11) is 1.73. The molecule has 4 aromatic rings. The average molecular weight is 406 g/mol. The van der Waals surface area contributed by atoms with E-state index in [0.717, 1.165) is 34.4 Å². The van der Waals surface area contributed by atoms with Crippen molar-refractivity contribution in [2.45, 2.75) is 32.0 Å². The number of aromatic nitrogens is 6. The Kier molecular flexibility index (Phi) is 4.33. The Labute approximate surface area is 162 Å². The summed E-state index contributed by atoms with van der Waals surface area (Å²) in [6, 6.07) is 2.95. The van der Waals surface area contributed by atoms with E-state index in [2.05, 4.69) is 20.1 Å². The maximum atomic E-state index is 13.1. The van der Waals surface area contributed by atoms with Crippen LogP contribution in [0.15, 0.2) is 23.4 Å². The average Bonchev–Trinajstić information content (AvgIpc) is 3.12. The molecule has 0 spiro atoms. The predicted molar refractivity (Wildman–Crippen MR) is 101 cm³/mol. The van der Waals surface area contributed by atoms with Crippen LogP contribution in [-0.4, -0.2) is 34.9 Å². The Balaban J connectivity index is 2.03. The maximum absolute atomic E-state index is 13.1. The summed E-state index contributed by atoms with van der Waals surface area (Å²) < 4.78 is 42.6. The Morgan fingerprint density at radius 3 is 2.54 bits per heavy atom. The van der Waals surface area contributed by atoms with Gasteiger partial charge in [0.2, 0.25) is 0 Å². The van der Waals surface area contributed by atoms with E-state index in [1.807, 2.05) is 26.8 Å². The maximum Gasteiger partial charge on any atom is 0.417 e. The number of thioether (sulfide) groups is 1. The van der Waals surface area contributed by atoms with Gasteiger partial charge in [0.25, 0.3) is 0 Å². The molecule has 0 aliphatic rings. The fourth-order valence-corrected chi connectivity index (χ4v) is 3.93. The van der Waals surface area contributed by atoms with E-state index in [1.165, 1.54) is 11.8 Å². The summed E-state index contributed by atoms with van der Waals surface area (Å²) in [5.41, 5.74) is 2.81. The van der Waals surface area contributed by atoms with Crippen molar-refractivity contribution in [3.05, 3.63) is 35.3 Å². The van der Waals surface area contributed by atoms with Crippen LogP contribution < -0.4 is 0 Å². The molecule has 4 rings (SSSR count). The number of hydrogen-bond donors (Lipinski definition) is 0. The number of nitrogens with zero attached hydrogens (tertiary/aromatic N) is 6. The molecule has 10 heteroatoms. The molecule has 28 heavy (non-hydrogen) atoms. The van der Waals surface area contributed by atoms with Crippen LogP contribution in [0.3, 0.4) is 0 Å². The first-order chi connectivity index (χ1) is 13.2. The van der Waals surface area contributed by atoms with E-state index in [4.69, 9.17) is 0 Å². The van der Waals surface area contributed by atoms with Gasteiger partial charge >= 0.3 is 6.18 Å². The molecule has 0 aliphatic carbocycles. The highest BCUT2D eigenvalue weighted by Crippen LogP contribution is 2.36. The molecule has 0 aliphatic heterocycles. The SMILES string of the molecule is CCSc1nn2c(C)cc(C)nc2c1-c1nc2cc(C(F)(F)F)cnc2n1C. The van der Waals surface area contributed by atoms with Crippen LogP contribution in [0.2, 0.25) is 0 Å². The predicted octanol–water partition coefficient (Wildman–Crippen LogP) is 4.43. The number of aryl methyl sites for hydroxylation is 3. The van der Waals surface area contributed by atoms with Gasteiger partial charge < -0.3 is 4.57 Å². The molecule has 0 aromatic carbocycles. The fourth-order valence-electron chi connectivity index (χ4n) is 3.19. The summed E-state index contributed by atoms with van der Waals surface area (Å²) in [5.74, 6) is 1.28. The molecule has 0 atom stereocenters. The summed E-state index contributed by atoms with van der Waals surface area (Å²) in [6.45, 7) is 5.84. The van der Waals surface area contributed by atoms with Crippen molar-refractivity contribution in [3.63, 3.8) is 0 Å². The third kappa shape index (κ3) is 2.92. The van der Waals surface area contributed by atoms with Gasteiger partial charge in [0.15, 0.2) is 11.3 Å². The van der Waals surface area contributed by atoms with Crippen LogP contribution in [0.5, 0.6) is 0 Å². The second-order valence-electron chi connectivity index (χ2n) is 6.45. The third-order valence-electron chi connectivity index (χ3n) is 4.40. The molecule has 6 nitrogen and oxygen atoms in total. The largest absolute Gasteiger partial charge is 0.417 e. The quantitative estimate of drug-likeness (QED) is 0.471. The summed E-state index contributed by atoms with van der Waals surface area (Å²) >= 11 is 1.54. The van der Waals surface area contributed by atoms with Crippen LogP contribution in [0.1, 0.15) is 23.9 Å². The van der Waals surface area contributed by atoms with Crippen molar-refractivity contribution < 1.29 is 13.2 Å². The van der Waals surface area contributed by atoms with Gasteiger partial charge in [-0.15, -0.1) is 11.8 Å². The summed E-state index contributed by atoms with van der Waals surface area (Å²) in [6.07, 6.45) is -3.64. The standard InChI is InChI=1S/C18H17F3N6S/c1-5-28-17-13(16-23-9(2)6-10(3)27(16)25-17)15-24-12-7-11(18(19,20)21)8-22-14(12)26(15)4/h6-8H,5H2,1-4H3. The molecule has 0 N–H and O–H groups in total. The van der Waals surface area contributed by atoms with Crippen LogP contribution in [-0.2, 0) is 13.2 Å². The summed E-state index contributed by atoms with van der Waals surface area (Å²) in [4.78, 5) is 13.1. The highest BCUT2D eigenvalue weighted by Gasteiger charge is 2.32. The Morgan fingerprint density at radius 2 is 1.86 bits per heavy atom. The number of imidazole rings is 1. The minimum absolute atomic E-state index is 0.184. The molecule has 4 heterocycles. The van der Waals surface area contributed by atoms with Gasteiger partial charge in [0.1, 0.15) is 16.4 Å². The molecular formula is C18H17F3N6S. The van der Waals surface area contributed by atoms with Crippen molar-refractivity contribution in [2.75, 3.05) is 5.75 Å². The number of hydrogen-bond acceptors (Lipinski definition) is 5. The molecule has 146 valence electrons. The zero-order chi connectivity index (χ0) is 20.2. The number of fused-ring (bicyclic) bond motifs is 2. The van der Waals surface area contributed by atoms with Crippen LogP contribution in [0.4, 0.5) is 13.2 Å². The number of rotatable bonds is 3. The molecular weight excluding hydrogens is 389 g/mol. The molecule has 0 radical (unpaired) electrons. The Hall–Kier alpha value is -2.62. The third-order valence-corrected chi connectivity index (χ3v) is 5.25. The first-order valence-corrected chi connectivity index (χ1v) is 9.59. The normalized spacial score (nSPS) is 12.4. The number of halogens is 3. The zero-order valence-corrected chi connectivity index (χ0v) is 16.5. The minimum Gasteiger partial charge on any atom is -0.312 e. The smallest absolute Gasteiger partial charge is 0.312 e. The van der Waals surface area contributed by atoms with Crippen molar-refractivity contribution in [1.82, 2.24) is 29.1 Å². The van der Waals surface area contributed by atoms with Crippen molar-refractivity contribution in [1.29, 1.82) is 0 Å². The second-order valence-corrected chi connectivity index (χ2v) is 7.70. The minimum atomic E-state index is -4.47. The van der Waals surface area contributed by atoms with Crippen molar-refractivity contribution in [3.8, 4) is 11.4 Å². The molecule has 0 bridgehead atoms. The van der Waals surface area contributed by atoms with E-state index >= 15 is 0 Å². The van der Waals surface area contributed by atoms with E-state index in [9.17, 15) is 13.2 Å². The monoisotopic (exact) mass is 406 g/mol. The lowest BCUT2D eigenvalue weighted by molar-refractivity contribution is -0.137. The van der Waals surface area contributed by atoms with Crippen LogP contribution in [0.25, 0.3) is 28.2 Å². The number of alkyl halides is 3. The van der Waals surface area contributed by atoms with Gasteiger partial charge in [0, 0.05) is 24.6 Å². The van der Waals surface area contributed by atoms with Crippen LogP contribution in [0, 0.1) is 13.8 Å². The van der Waals surface area contributed by atoms with Gasteiger partial charge in [0.05, 0.1) is 11.1 Å². The van der Waals surface area contributed by atoms with E-state index in [1.54, 1.807) is 16.1 Å². The topological polar surface area (TPSA) is 60.9 Å².